The Morgan fingerprint density at radius 3 is 2.42 bits per heavy atom. The highest BCUT2D eigenvalue weighted by Crippen LogP contribution is 2.33. The fourth-order valence-electron chi connectivity index (χ4n) is 3.86. The molecule has 1 unspecified atom stereocenters. The molecule has 1 fully saturated rings. The number of benzene rings is 1. The standard InChI is InChI=1S/C22H20F5N5O/c23-21(24)6-9-32(10-7-21)18(14-11-30-20(31-12-14)22(25,26)27)13-29-19(33)16-3-1-5-17-15(16)4-2-8-28-17/h1-5,8,11-12,18H,6-7,9-10,13H2,(H,29,33). The SMILES string of the molecule is O=C(NCC(c1cnc(C(F)(F)F)nc1)N1CCC(F)(F)CC1)c1cccc2ncccc12. The third-order valence-electron chi connectivity index (χ3n) is 5.63. The molecule has 1 aliphatic rings. The molecule has 1 aliphatic heterocycles. The molecule has 1 aromatic carbocycles. The number of rotatable bonds is 5. The summed E-state index contributed by atoms with van der Waals surface area (Å²) >= 11 is 0. The molecule has 2 aromatic heterocycles. The van der Waals surface area contributed by atoms with Gasteiger partial charge in [-0.2, -0.15) is 13.2 Å². The molecule has 1 N–H and O–H groups in total. The van der Waals surface area contributed by atoms with Crippen LogP contribution in [0.25, 0.3) is 10.9 Å². The van der Waals surface area contributed by atoms with Crippen molar-refractivity contribution in [3.63, 3.8) is 0 Å². The number of nitrogens with zero attached hydrogens (tertiary/aromatic N) is 4. The van der Waals surface area contributed by atoms with E-state index in [4.69, 9.17) is 0 Å². The largest absolute Gasteiger partial charge is 0.451 e. The highest BCUT2D eigenvalue weighted by atomic mass is 19.4. The van der Waals surface area contributed by atoms with Crippen molar-refractivity contribution in [3.8, 4) is 0 Å². The van der Waals surface area contributed by atoms with Gasteiger partial charge in [0.05, 0.1) is 11.6 Å². The van der Waals surface area contributed by atoms with E-state index in [1.165, 1.54) is 0 Å². The number of aromatic nitrogens is 3. The zero-order valence-corrected chi connectivity index (χ0v) is 17.3. The highest BCUT2D eigenvalue weighted by molar-refractivity contribution is 6.06. The maximum atomic E-state index is 13.7. The van der Waals surface area contributed by atoms with Crippen molar-refractivity contribution in [3.05, 3.63) is 65.9 Å². The molecule has 1 amide bonds. The average molecular weight is 465 g/mol. The summed E-state index contributed by atoms with van der Waals surface area (Å²) in [6, 6.07) is 7.89. The van der Waals surface area contributed by atoms with Crippen LogP contribution in [-0.4, -0.2) is 51.3 Å². The zero-order chi connectivity index (χ0) is 23.6. The molecule has 0 radical (unpaired) electrons. The lowest BCUT2D eigenvalue weighted by molar-refractivity contribution is -0.145. The van der Waals surface area contributed by atoms with Crippen molar-refractivity contribution in [2.24, 2.45) is 0 Å². The number of halogens is 5. The predicted molar refractivity (Wildman–Crippen MR) is 110 cm³/mol. The average Bonchev–Trinajstić information content (AvgIpc) is 2.79. The van der Waals surface area contributed by atoms with E-state index in [9.17, 15) is 26.7 Å². The van der Waals surface area contributed by atoms with Gasteiger partial charge < -0.3 is 5.32 Å². The molecule has 3 aromatic rings. The number of piperidine rings is 1. The minimum Gasteiger partial charge on any atom is -0.350 e. The van der Waals surface area contributed by atoms with E-state index in [0.717, 1.165) is 12.4 Å². The second-order valence-corrected chi connectivity index (χ2v) is 7.83. The van der Waals surface area contributed by atoms with E-state index in [1.807, 2.05) is 0 Å². The first kappa shape index (κ1) is 23.0. The second kappa shape index (κ2) is 8.97. The predicted octanol–water partition coefficient (Wildman–Crippen LogP) is 4.25. The van der Waals surface area contributed by atoms with E-state index in [1.54, 1.807) is 41.4 Å². The zero-order valence-electron chi connectivity index (χ0n) is 17.3. The van der Waals surface area contributed by atoms with Crippen LogP contribution in [0.1, 0.15) is 40.6 Å². The number of hydrogen-bond acceptors (Lipinski definition) is 5. The van der Waals surface area contributed by atoms with Gasteiger partial charge in [-0.25, -0.2) is 18.7 Å². The lowest BCUT2D eigenvalue weighted by Crippen LogP contribution is -2.45. The van der Waals surface area contributed by atoms with Gasteiger partial charge in [-0.05, 0) is 18.2 Å². The first-order valence-electron chi connectivity index (χ1n) is 10.3. The Hall–Kier alpha value is -3.21. The van der Waals surface area contributed by atoms with Crippen LogP contribution in [0.5, 0.6) is 0 Å². The topological polar surface area (TPSA) is 71.0 Å². The van der Waals surface area contributed by atoms with Crippen LogP contribution < -0.4 is 5.32 Å². The van der Waals surface area contributed by atoms with Gasteiger partial charge in [0.15, 0.2) is 0 Å². The number of carbonyl (C=O) groups is 1. The van der Waals surface area contributed by atoms with Crippen molar-refractivity contribution >= 4 is 16.8 Å². The van der Waals surface area contributed by atoms with E-state index in [2.05, 4.69) is 20.3 Å². The highest BCUT2D eigenvalue weighted by Gasteiger charge is 2.38. The van der Waals surface area contributed by atoms with Crippen molar-refractivity contribution < 1.29 is 26.7 Å². The Kier molecular flexibility index (Phi) is 6.24. The summed E-state index contributed by atoms with van der Waals surface area (Å²) in [4.78, 5) is 25.6. The number of likely N-dealkylation sites (tertiary alicyclic amines) is 1. The second-order valence-electron chi connectivity index (χ2n) is 7.83. The third-order valence-corrected chi connectivity index (χ3v) is 5.63. The number of nitrogens with one attached hydrogen (secondary N) is 1. The molecule has 3 heterocycles. The molecule has 0 saturated carbocycles. The van der Waals surface area contributed by atoms with Crippen molar-refractivity contribution in [1.82, 2.24) is 25.2 Å². The van der Waals surface area contributed by atoms with Gasteiger partial charge in [0.2, 0.25) is 5.82 Å². The Balaban J connectivity index is 1.56. The fourth-order valence-corrected chi connectivity index (χ4v) is 3.86. The summed E-state index contributed by atoms with van der Waals surface area (Å²) < 4.78 is 65.9. The van der Waals surface area contributed by atoms with Gasteiger partial charge in [0, 0.05) is 67.6 Å². The van der Waals surface area contributed by atoms with Gasteiger partial charge in [0.25, 0.3) is 11.8 Å². The Labute approximate surface area is 185 Å². The molecule has 174 valence electrons. The van der Waals surface area contributed by atoms with Crippen LogP contribution >= 0.6 is 0 Å². The van der Waals surface area contributed by atoms with E-state index in [-0.39, 0.29) is 32.5 Å². The smallest absolute Gasteiger partial charge is 0.350 e. The minimum atomic E-state index is -4.70. The van der Waals surface area contributed by atoms with Gasteiger partial charge in [0.1, 0.15) is 0 Å². The normalized spacial score (nSPS) is 17.6. The summed E-state index contributed by atoms with van der Waals surface area (Å²) in [5.74, 6) is -4.49. The Morgan fingerprint density at radius 2 is 1.76 bits per heavy atom. The molecule has 11 heteroatoms. The quantitative estimate of drug-likeness (QED) is 0.571. The molecule has 33 heavy (non-hydrogen) atoms. The van der Waals surface area contributed by atoms with Crippen LogP contribution in [0.4, 0.5) is 22.0 Å². The molecule has 0 bridgehead atoms. The molecule has 0 spiro atoms. The van der Waals surface area contributed by atoms with Gasteiger partial charge >= 0.3 is 6.18 Å². The molecule has 4 rings (SSSR count). The molecular formula is C22H20F5N5O. The number of fused-ring (bicyclic) bond motifs is 1. The number of carbonyl (C=O) groups excluding carboxylic acids is 1. The Morgan fingerprint density at radius 1 is 1.06 bits per heavy atom. The molecular weight excluding hydrogens is 445 g/mol. The monoisotopic (exact) mass is 465 g/mol. The summed E-state index contributed by atoms with van der Waals surface area (Å²) in [7, 11) is 0. The van der Waals surface area contributed by atoms with Crippen LogP contribution in [0.15, 0.2) is 48.9 Å². The summed E-state index contributed by atoms with van der Waals surface area (Å²) in [6.07, 6.45) is -1.79. The molecule has 1 atom stereocenters. The third kappa shape index (κ3) is 5.24. The maximum absolute atomic E-state index is 13.7. The first-order chi connectivity index (χ1) is 15.6. The summed E-state index contributed by atoms with van der Waals surface area (Å²) in [5.41, 5.74) is 1.32. The molecule has 0 aliphatic carbocycles. The van der Waals surface area contributed by atoms with Crippen molar-refractivity contribution in [1.29, 1.82) is 0 Å². The van der Waals surface area contributed by atoms with Crippen molar-refractivity contribution in [2.45, 2.75) is 31.0 Å². The van der Waals surface area contributed by atoms with Gasteiger partial charge in [-0.1, -0.05) is 12.1 Å². The van der Waals surface area contributed by atoms with Crippen LogP contribution in [-0.2, 0) is 6.18 Å². The summed E-state index contributed by atoms with van der Waals surface area (Å²) in [6.45, 7) is 0.0231. The lowest BCUT2D eigenvalue weighted by atomic mass is 10.0. The lowest BCUT2D eigenvalue weighted by Gasteiger charge is -2.37. The fraction of sp³-hybridized carbons (Fsp3) is 0.364. The molecule has 1 saturated heterocycles. The van der Waals surface area contributed by atoms with Gasteiger partial charge in [-0.3, -0.25) is 14.7 Å². The van der Waals surface area contributed by atoms with E-state index >= 15 is 0 Å². The maximum Gasteiger partial charge on any atom is 0.451 e. The Bertz CT molecular complexity index is 1120. The first-order valence-corrected chi connectivity index (χ1v) is 10.3. The number of pyridine rings is 1. The van der Waals surface area contributed by atoms with E-state index < -0.39 is 29.9 Å². The van der Waals surface area contributed by atoms with Gasteiger partial charge in [-0.15, -0.1) is 0 Å². The van der Waals surface area contributed by atoms with Crippen molar-refractivity contribution in [2.75, 3.05) is 19.6 Å². The molecule has 6 nitrogen and oxygen atoms in total. The minimum absolute atomic E-state index is 0.0181. The number of alkyl halides is 5. The number of hydrogen-bond donors (Lipinski definition) is 1. The van der Waals surface area contributed by atoms with Crippen LogP contribution in [0, 0.1) is 0 Å². The van der Waals surface area contributed by atoms with Crippen LogP contribution in [0.3, 0.4) is 0 Å². The summed E-state index contributed by atoms with van der Waals surface area (Å²) in [5, 5.41) is 3.42. The van der Waals surface area contributed by atoms with E-state index in [0.29, 0.717) is 22.0 Å². The number of amides is 1. The van der Waals surface area contributed by atoms with Crippen LogP contribution in [0.2, 0.25) is 0 Å².